The molecular weight excluding hydrogens is 1250 g/mol. The van der Waals surface area contributed by atoms with Gasteiger partial charge in [0, 0.05) is 81.9 Å². The van der Waals surface area contributed by atoms with Gasteiger partial charge in [-0.05, 0) is 67.7 Å². The number of amides is 13. The first kappa shape index (κ1) is 77.0. The Kier molecular flexibility index (Phi) is 31.4. The van der Waals surface area contributed by atoms with Crippen LogP contribution in [0.3, 0.4) is 0 Å². The highest BCUT2D eigenvalue weighted by Crippen LogP contribution is 2.20. The number of nitrogens with zero attached hydrogens (tertiary/aromatic N) is 1. The van der Waals surface area contributed by atoms with Crippen molar-refractivity contribution in [3.05, 3.63) is 108 Å². The van der Waals surface area contributed by atoms with E-state index < -0.39 is 194 Å². The molecule has 0 aliphatic carbocycles. The smallest absolute Gasteiger partial charge is 0.326 e. The minimum atomic E-state index is -1.77. The number of carboxylic acids is 2. The maximum absolute atomic E-state index is 15.0. The van der Waals surface area contributed by atoms with Crippen LogP contribution < -0.4 is 82.3 Å². The number of carbonyl (C=O) groups excluding carboxylic acids is 13. The number of para-hydroxylation sites is 1. The Morgan fingerprint density at radius 1 is 0.396 bits per heavy atom. The summed E-state index contributed by atoms with van der Waals surface area (Å²) in [5.41, 5.74) is 34.5. The lowest BCUT2D eigenvalue weighted by atomic mass is 10.0. The predicted molar refractivity (Wildman–Crippen MR) is 343 cm³/mol. The van der Waals surface area contributed by atoms with Gasteiger partial charge in [-0.25, -0.2) is 4.79 Å². The van der Waals surface area contributed by atoms with Crippen LogP contribution in [0.1, 0.15) is 101 Å². The summed E-state index contributed by atoms with van der Waals surface area (Å²) in [6.45, 7) is 1.10. The number of carbonyl (C=O) groups is 15. The number of guanidine groups is 1. The number of primary amides is 4. The number of nitrogens with two attached hydrogens (primary N) is 6. The van der Waals surface area contributed by atoms with E-state index in [1.165, 1.54) is 6.20 Å². The van der Waals surface area contributed by atoms with Crippen molar-refractivity contribution in [3.63, 3.8) is 0 Å². The first-order valence-corrected chi connectivity index (χ1v) is 30.5. The molecule has 13 amide bonds. The van der Waals surface area contributed by atoms with E-state index in [2.05, 4.69) is 57.8 Å². The largest absolute Gasteiger partial charge is 0.481 e. The molecule has 0 fully saturated rings. The molecule has 4 rings (SSSR count). The number of aliphatic carboxylic acids is 2. The zero-order valence-corrected chi connectivity index (χ0v) is 52.6. The molecule has 3 aromatic carbocycles. The number of aromatic nitrogens is 1. The van der Waals surface area contributed by atoms with E-state index in [0.717, 1.165) is 6.92 Å². The van der Waals surface area contributed by atoms with Crippen molar-refractivity contribution in [1.29, 1.82) is 0 Å². The van der Waals surface area contributed by atoms with E-state index >= 15 is 0 Å². The van der Waals surface area contributed by atoms with Crippen LogP contribution in [0.5, 0.6) is 0 Å². The third-order valence-electron chi connectivity index (χ3n) is 14.7. The summed E-state index contributed by atoms with van der Waals surface area (Å²) in [6.07, 6.45) is -4.50. The molecule has 34 heteroatoms. The molecule has 0 radical (unpaired) electrons. The molecule has 0 saturated carbocycles. The first-order chi connectivity index (χ1) is 45.5. The average Bonchev–Trinajstić information content (AvgIpc) is 1.65. The Morgan fingerprint density at radius 3 is 1.09 bits per heavy atom. The molecule has 0 unspecified atom stereocenters. The van der Waals surface area contributed by atoms with Crippen molar-refractivity contribution >= 4 is 106 Å². The molecule has 24 N–H and O–H groups in total. The number of carboxylic acid groups (broad SMARTS) is 2. The van der Waals surface area contributed by atoms with Crippen LogP contribution in [0.15, 0.2) is 96.1 Å². The number of hydrogen-bond acceptors (Lipinski definition) is 16. The van der Waals surface area contributed by atoms with Crippen molar-refractivity contribution in [2.24, 2.45) is 39.4 Å². The number of nitrogens with one attached hydrogen (secondary N) is 10. The van der Waals surface area contributed by atoms with Gasteiger partial charge < -0.3 is 97.5 Å². The van der Waals surface area contributed by atoms with Gasteiger partial charge >= 0.3 is 11.9 Å². The number of benzene rings is 3. The standard InChI is InChI=1S/C62H83N17O17/c1-33(80)71-40(18-23-48(63)81)54(88)72-39(17-10-28-69-62(67)68)53(87)77-45(29-34-11-4-2-5-12-34)58(92)73-42(20-25-50(65)83)57(91)79-47(31-36-32-70-38-16-9-8-15-37(36)38)60(94)74-41(19-24-49(64)82)56(90)78-46(30-35-13-6-3-7-14-35)59(93)75-43(22-27-52(85)86)55(89)76-44(61(95)96)21-26-51(66)84/h2-9,11-16,32,39-47,70H,10,17-31H2,1H3,(H2,63,81)(H2,64,82)(H2,65,83)(H2,66,84)(H,71,80)(H,72,88)(H,73,92)(H,74,94)(H,75,93)(H,76,89)(H,77,87)(H,78,90)(H,79,91)(H,85,86)(H,95,96)(H4,67,68,69)/t39-,40-,41-,42-,43-,44-,45-,46-,47-/m0/s1. The number of fused-ring (bicyclic) bond motifs is 1. The molecule has 0 aliphatic rings. The molecule has 0 aliphatic heterocycles. The first-order valence-electron chi connectivity index (χ1n) is 30.5. The topological polar surface area (TPSA) is 589 Å². The SMILES string of the molecule is CC(=O)N[C@@H](CCC(N)=O)C(=O)N[C@@H](CCCN=C(N)N)C(=O)N[C@@H](Cc1ccccc1)C(=O)N[C@@H](CCC(N)=O)C(=O)N[C@@H](Cc1c[nH]c2ccccc12)C(=O)N[C@@H](CCC(N)=O)C(=O)N[C@@H](Cc1ccccc1)C(=O)N[C@@H](CCC(=O)O)C(=O)N[C@@H](CCC(N)=O)C(=O)O. The maximum Gasteiger partial charge on any atom is 0.326 e. The van der Waals surface area contributed by atoms with Crippen LogP contribution in [-0.4, -0.2) is 171 Å². The lowest BCUT2D eigenvalue weighted by molar-refractivity contribution is -0.143. The van der Waals surface area contributed by atoms with E-state index in [1.54, 1.807) is 84.9 Å². The fourth-order valence-corrected chi connectivity index (χ4v) is 9.79. The Hall–Kier alpha value is -11.5. The van der Waals surface area contributed by atoms with E-state index in [1.807, 2.05) is 0 Å². The number of hydrogen-bond donors (Lipinski definition) is 18. The van der Waals surface area contributed by atoms with Gasteiger partial charge in [0.1, 0.15) is 54.4 Å². The molecule has 0 spiro atoms. The molecule has 1 aromatic heterocycles. The van der Waals surface area contributed by atoms with E-state index in [-0.39, 0.29) is 57.5 Å². The second kappa shape index (κ2) is 39.2. The molecule has 0 bridgehead atoms. The second-order valence-corrected chi connectivity index (χ2v) is 22.4. The van der Waals surface area contributed by atoms with Crippen molar-refractivity contribution in [2.75, 3.05) is 6.54 Å². The quantitative estimate of drug-likeness (QED) is 0.0113. The van der Waals surface area contributed by atoms with Crippen LogP contribution in [0.25, 0.3) is 10.9 Å². The van der Waals surface area contributed by atoms with Gasteiger partial charge in [-0.1, -0.05) is 78.9 Å². The van der Waals surface area contributed by atoms with Crippen molar-refractivity contribution in [1.82, 2.24) is 52.8 Å². The third kappa shape index (κ3) is 27.8. The number of H-pyrrole nitrogens is 1. The molecule has 0 saturated heterocycles. The molecule has 1 heterocycles. The Bertz CT molecular complexity index is 3450. The van der Waals surface area contributed by atoms with Gasteiger partial charge in [0.25, 0.3) is 0 Å². The van der Waals surface area contributed by atoms with Crippen LogP contribution in [0, 0.1) is 0 Å². The van der Waals surface area contributed by atoms with Gasteiger partial charge in [-0.3, -0.25) is 72.1 Å². The minimum absolute atomic E-state index is 0.0241. The summed E-state index contributed by atoms with van der Waals surface area (Å²) in [4.78, 5) is 206. The van der Waals surface area contributed by atoms with Crippen LogP contribution >= 0.6 is 0 Å². The molecule has 4 aromatic rings. The zero-order valence-electron chi connectivity index (χ0n) is 52.6. The van der Waals surface area contributed by atoms with E-state index in [9.17, 15) is 82.1 Å². The normalized spacial score (nSPS) is 13.7. The molecule has 34 nitrogen and oxygen atoms in total. The van der Waals surface area contributed by atoms with Crippen LogP contribution in [0.2, 0.25) is 0 Å². The van der Waals surface area contributed by atoms with Crippen LogP contribution in [0.4, 0.5) is 0 Å². The van der Waals surface area contributed by atoms with E-state index in [0.29, 0.717) is 27.6 Å². The highest BCUT2D eigenvalue weighted by Gasteiger charge is 2.37. The highest BCUT2D eigenvalue weighted by atomic mass is 16.4. The second-order valence-electron chi connectivity index (χ2n) is 22.4. The highest BCUT2D eigenvalue weighted by molar-refractivity contribution is 5.99. The van der Waals surface area contributed by atoms with Gasteiger partial charge in [0.05, 0.1) is 0 Å². The third-order valence-corrected chi connectivity index (χ3v) is 14.7. The Balaban J connectivity index is 1.75. The fourth-order valence-electron chi connectivity index (χ4n) is 9.79. The van der Waals surface area contributed by atoms with Crippen molar-refractivity contribution < 1.29 is 82.1 Å². The van der Waals surface area contributed by atoms with E-state index in [4.69, 9.17) is 34.4 Å². The molecule has 96 heavy (non-hydrogen) atoms. The summed E-state index contributed by atoms with van der Waals surface area (Å²) >= 11 is 0. The summed E-state index contributed by atoms with van der Waals surface area (Å²) < 4.78 is 0. The summed E-state index contributed by atoms with van der Waals surface area (Å²) in [5.74, 6) is -16.0. The monoisotopic (exact) mass is 1340 g/mol. The van der Waals surface area contributed by atoms with Gasteiger partial charge in [-0.15, -0.1) is 0 Å². The summed E-state index contributed by atoms with van der Waals surface area (Å²) in [6, 6.07) is 8.27. The van der Waals surface area contributed by atoms with Crippen molar-refractivity contribution in [2.45, 2.75) is 158 Å². The number of rotatable bonds is 43. The average molecular weight is 1340 g/mol. The van der Waals surface area contributed by atoms with Gasteiger partial charge in [0.15, 0.2) is 5.96 Å². The zero-order chi connectivity index (χ0) is 71.0. The predicted octanol–water partition coefficient (Wildman–Crippen LogP) is -4.36. The van der Waals surface area contributed by atoms with Gasteiger partial charge in [0.2, 0.25) is 76.8 Å². The lowest BCUT2D eigenvalue weighted by Crippen LogP contribution is -2.61. The lowest BCUT2D eigenvalue weighted by Gasteiger charge is -2.28. The minimum Gasteiger partial charge on any atom is -0.481 e. The summed E-state index contributed by atoms with van der Waals surface area (Å²) in [7, 11) is 0. The Morgan fingerprint density at radius 2 is 0.719 bits per heavy atom. The Labute approximate surface area is 550 Å². The van der Waals surface area contributed by atoms with Gasteiger partial charge in [-0.2, -0.15) is 0 Å². The number of aromatic amines is 1. The maximum atomic E-state index is 15.0. The summed E-state index contributed by atoms with van der Waals surface area (Å²) in [5, 5.41) is 42.2. The molecule has 9 atom stereocenters. The van der Waals surface area contributed by atoms with Crippen molar-refractivity contribution in [3.8, 4) is 0 Å². The number of aliphatic imine (C=N–C) groups is 1. The fraction of sp³-hybridized carbons (Fsp3) is 0.419. The molecular formula is C62H83N17O17. The molecule has 518 valence electrons. The van der Waals surface area contributed by atoms with Crippen LogP contribution in [-0.2, 0) is 91.2 Å².